The third kappa shape index (κ3) is 3.51. The highest BCUT2D eigenvalue weighted by Crippen LogP contribution is 2.53. The minimum absolute atomic E-state index is 0.480. The van der Waals surface area contributed by atoms with Gasteiger partial charge in [-0.3, -0.25) is 0 Å². The van der Waals surface area contributed by atoms with E-state index in [0.29, 0.717) is 12.5 Å². The van der Waals surface area contributed by atoms with Gasteiger partial charge in [0.05, 0.1) is 29.8 Å². The molecule has 0 aliphatic carbocycles. The summed E-state index contributed by atoms with van der Waals surface area (Å²) < 4.78 is 8.01. The number of hydrogen-bond acceptors (Lipinski definition) is 6. The number of anilines is 1. The molecule has 4 aromatic rings. The Labute approximate surface area is 185 Å². The van der Waals surface area contributed by atoms with Gasteiger partial charge >= 0.3 is 0 Å². The van der Waals surface area contributed by atoms with Gasteiger partial charge in [-0.2, -0.15) is 24.6 Å². The molecule has 0 saturated heterocycles. The average Bonchev–Trinajstić information content (AvgIpc) is 3.37. The van der Waals surface area contributed by atoms with Crippen LogP contribution in [0.4, 0.5) is 5.95 Å². The van der Waals surface area contributed by atoms with E-state index in [4.69, 9.17) is 14.7 Å². The second-order valence-electron chi connectivity index (χ2n) is 6.86. The van der Waals surface area contributed by atoms with Crippen LogP contribution in [0.5, 0.6) is 5.75 Å². The first kappa shape index (κ1) is 20.9. The summed E-state index contributed by atoms with van der Waals surface area (Å²) in [5.41, 5.74) is 2.53. The summed E-state index contributed by atoms with van der Waals surface area (Å²) in [6.45, 7) is 7.18. The molecule has 3 aromatic heterocycles. The number of H-pyrrole nitrogens is 1. The van der Waals surface area contributed by atoms with Crippen molar-refractivity contribution in [1.82, 2.24) is 29.5 Å². The third-order valence-electron chi connectivity index (χ3n) is 5.51. The van der Waals surface area contributed by atoms with Gasteiger partial charge in [0.15, 0.2) is 10.8 Å². The lowest BCUT2D eigenvalue weighted by atomic mass is 10.3. The van der Waals surface area contributed by atoms with Crippen molar-refractivity contribution in [1.29, 1.82) is 0 Å². The molecule has 0 radical (unpaired) electrons. The van der Waals surface area contributed by atoms with Crippen molar-refractivity contribution >= 4 is 48.6 Å². The molecule has 0 bridgehead atoms. The van der Waals surface area contributed by atoms with Crippen LogP contribution < -0.4 is 10.1 Å². The first-order valence-electron chi connectivity index (χ1n) is 9.98. The largest absolute Gasteiger partial charge is 0.494 e. The van der Waals surface area contributed by atoms with Crippen molar-refractivity contribution in [3.05, 3.63) is 34.7 Å². The first-order valence-corrected chi connectivity index (χ1v) is 12.9. The molecule has 10 heteroatoms. The number of ether oxygens (including phenoxy) is 1. The van der Waals surface area contributed by atoms with Crippen LogP contribution in [-0.2, 0) is 6.54 Å². The summed E-state index contributed by atoms with van der Waals surface area (Å²) in [6.07, 6.45) is 1.76. The highest BCUT2D eigenvalue weighted by atomic mass is 79.9. The summed E-state index contributed by atoms with van der Waals surface area (Å²) in [5.74, 6) is 5.40. The summed E-state index contributed by atoms with van der Waals surface area (Å²) in [7, 11) is 0.579. The number of benzene rings is 1. The number of para-hydroxylation sites is 1. The Balaban J connectivity index is 1.72. The van der Waals surface area contributed by atoms with Gasteiger partial charge in [0.25, 0.3) is 0 Å². The summed E-state index contributed by atoms with van der Waals surface area (Å²) in [5, 5.41) is 8.78. The maximum atomic E-state index is 5.41. The van der Waals surface area contributed by atoms with Crippen molar-refractivity contribution in [3.63, 3.8) is 0 Å². The summed E-state index contributed by atoms with van der Waals surface area (Å²) in [4.78, 5) is 17.8. The molecule has 2 N–H and O–H groups in total. The fourth-order valence-electron chi connectivity index (χ4n) is 3.61. The fourth-order valence-corrected chi connectivity index (χ4v) is 6.51. The molecule has 3 heterocycles. The van der Waals surface area contributed by atoms with Gasteiger partial charge in [0.2, 0.25) is 5.95 Å². The highest BCUT2D eigenvalue weighted by Gasteiger charge is 2.26. The second kappa shape index (κ2) is 8.43. The van der Waals surface area contributed by atoms with Crippen LogP contribution in [0, 0.1) is 0 Å². The molecular weight excluding hydrogens is 466 g/mol. The Morgan fingerprint density at radius 2 is 1.90 bits per heavy atom. The number of fused-ring (bicyclic) bond motifs is 2. The van der Waals surface area contributed by atoms with Crippen molar-refractivity contribution in [2.45, 2.75) is 32.5 Å². The topological polar surface area (TPSA) is 93.0 Å². The monoisotopic (exact) mass is 491 g/mol. The maximum Gasteiger partial charge on any atom is 0.228 e. The number of methoxy groups -OCH3 is 1. The van der Waals surface area contributed by atoms with E-state index in [9.17, 15) is 0 Å². The molecule has 0 fully saturated rings. The van der Waals surface area contributed by atoms with Gasteiger partial charge in [0.1, 0.15) is 17.1 Å². The van der Waals surface area contributed by atoms with E-state index in [-0.39, 0.29) is 0 Å². The Kier molecular flexibility index (Phi) is 5.88. The van der Waals surface area contributed by atoms with Crippen LogP contribution in [0.3, 0.4) is 0 Å². The fraction of sp³-hybridized carbons (Fsp3) is 0.400. The van der Waals surface area contributed by atoms with Gasteiger partial charge in [-0.05, 0) is 45.3 Å². The van der Waals surface area contributed by atoms with E-state index in [1.165, 1.54) is 0 Å². The highest BCUT2D eigenvalue weighted by molar-refractivity contribution is 9.10. The molecule has 0 amide bonds. The smallest absolute Gasteiger partial charge is 0.228 e. The van der Waals surface area contributed by atoms with Crippen molar-refractivity contribution in [2.24, 2.45) is 0 Å². The normalized spacial score (nSPS) is 12.6. The van der Waals surface area contributed by atoms with Crippen LogP contribution in [0.25, 0.3) is 16.7 Å². The van der Waals surface area contributed by atoms with Crippen LogP contribution in [0.2, 0.25) is 0 Å². The van der Waals surface area contributed by atoms with E-state index in [1.54, 1.807) is 17.8 Å². The molecule has 0 unspecified atom stereocenters. The van der Waals surface area contributed by atoms with Crippen LogP contribution >= 0.6 is 26.0 Å². The third-order valence-corrected chi connectivity index (χ3v) is 10.3. The SMILES string of the molecule is CCS(CC)(CC)c1nc(NCc2nc3c(OC)cccc3[nH]2)n2ncc(Br)c2n1. The number of aromatic amines is 1. The molecule has 4 rings (SSSR count). The zero-order valence-corrected chi connectivity index (χ0v) is 20.0. The predicted octanol–water partition coefficient (Wildman–Crippen LogP) is 4.61. The molecule has 1 aromatic carbocycles. The molecule has 160 valence electrons. The number of hydrogen-bond donors (Lipinski definition) is 2. The van der Waals surface area contributed by atoms with E-state index in [1.807, 2.05) is 18.2 Å². The quantitative estimate of drug-likeness (QED) is 0.373. The lowest BCUT2D eigenvalue weighted by Gasteiger charge is -2.35. The van der Waals surface area contributed by atoms with Crippen LogP contribution in [0.1, 0.15) is 26.6 Å². The van der Waals surface area contributed by atoms with Crippen molar-refractivity contribution in [2.75, 3.05) is 29.7 Å². The zero-order chi connectivity index (χ0) is 21.3. The zero-order valence-electron chi connectivity index (χ0n) is 17.6. The van der Waals surface area contributed by atoms with E-state index in [0.717, 1.165) is 55.1 Å². The minimum Gasteiger partial charge on any atom is -0.494 e. The van der Waals surface area contributed by atoms with Gasteiger partial charge in [-0.25, -0.2) is 9.97 Å². The lowest BCUT2D eigenvalue weighted by molar-refractivity contribution is 0.419. The second-order valence-corrected chi connectivity index (χ2v) is 11.9. The van der Waals surface area contributed by atoms with Gasteiger partial charge < -0.3 is 15.0 Å². The van der Waals surface area contributed by atoms with Gasteiger partial charge in [-0.1, -0.05) is 26.8 Å². The number of imidazole rings is 1. The van der Waals surface area contributed by atoms with Crippen LogP contribution in [-0.4, -0.2) is 53.9 Å². The molecule has 0 atom stereocenters. The molecule has 0 aliphatic heterocycles. The molecule has 8 nitrogen and oxygen atoms in total. The van der Waals surface area contributed by atoms with E-state index >= 15 is 0 Å². The first-order chi connectivity index (χ1) is 14.5. The Morgan fingerprint density at radius 1 is 1.13 bits per heavy atom. The van der Waals surface area contributed by atoms with Crippen molar-refractivity contribution < 1.29 is 4.74 Å². The Hall–Kier alpha value is -2.33. The van der Waals surface area contributed by atoms with Gasteiger partial charge in [-0.15, -0.1) is 0 Å². The number of halogens is 1. The lowest BCUT2D eigenvalue weighted by Crippen LogP contribution is -2.17. The number of aromatic nitrogens is 6. The maximum absolute atomic E-state index is 5.41. The predicted molar refractivity (Wildman–Crippen MR) is 126 cm³/mol. The molecule has 0 saturated carbocycles. The standard InChI is InChI=1S/C20H26BrN7OS/c1-5-30(6-2,7-3)20-26-18-13(21)11-23-28(18)19(27-20)22-12-16-24-14-9-8-10-15(29-4)17(14)25-16/h8-11H,5-7,12H2,1-4H3,(H,24,25)(H,22,26,27). The summed E-state index contributed by atoms with van der Waals surface area (Å²) >= 11 is 3.58. The van der Waals surface area contributed by atoms with Gasteiger partial charge in [0, 0.05) is 0 Å². The molecule has 0 spiro atoms. The minimum atomic E-state index is -1.07. The number of rotatable bonds is 8. The summed E-state index contributed by atoms with van der Waals surface area (Å²) in [6, 6.07) is 5.84. The van der Waals surface area contributed by atoms with E-state index < -0.39 is 10.0 Å². The Bertz CT molecular complexity index is 1180. The van der Waals surface area contributed by atoms with Crippen LogP contribution in [0.15, 0.2) is 34.0 Å². The molecular formula is C20H26BrN7OS. The molecule has 0 aliphatic rings. The average molecular weight is 492 g/mol. The Morgan fingerprint density at radius 3 is 2.60 bits per heavy atom. The number of nitrogens with zero attached hydrogens (tertiary/aromatic N) is 5. The molecule has 30 heavy (non-hydrogen) atoms. The van der Waals surface area contributed by atoms with Crippen molar-refractivity contribution in [3.8, 4) is 5.75 Å². The van der Waals surface area contributed by atoms with E-state index in [2.05, 4.69) is 57.1 Å². The number of nitrogens with one attached hydrogen (secondary N) is 2.